The van der Waals surface area contributed by atoms with Gasteiger partial charge in [0.1, 0.15) is 5.75 Å². The summed E-state index contributed by atoms with van der Waals surface area (Å²) in [6.07, 6.45) is -0.676. The molecule has 0 saturated heterocycles. The van der Waals surface area contributed by atoms with Gasteiger partial charge in [0, 0.05) is 11.0 Å². The number of anilines is 1. The van der Waals surface area contributed by atoms with Gasteiger partial charge in [0.15, 0.2) is 6.10 Å². The van der Waals surface area contributed by atoms with Crippen molar-refractivity contribution in [1.29, 1.82) is 0 Å². The monoisotopic (exact) mass is 454 g/mol. The maximum atomic E-state index is 12.5. The summed E-state index contributed by atoms with van der Waals surface area (Å²) in [7, 11) is -3.73. The number of hydrogen-bond acceptors (Lipinski definition) is 4. The van der Waals surface area contributed by atoms with Gasteiger partial charge in [-0.25, -0.2) is 8.42 Å². The number of halogens is 1. The summed E-state index contributed by atoms with van der Waals surface area (Å²) in [6.45, 7) is 6.24. The Morgan fingerprint density at radius 2 is 1.70 bits per heavy atom. The number of sulfonamides is 1. The van der Waals surface area contributed by atoms with Crippen LogP contribution in [0.4, 0.5) is 5.69 Å². The molecule has 0 aliphatic rings. The molecule has 8 heteroatoms. The number of para-hydroxylation sites is 1. The van der Waals surface area contributed by atoms with Crippen LogP contribution in [0.5, 0.6) is 5.75 Å². The third-order valence-electron chi connectivity index (χ3n) is 3.62. The lowest BCUT2D eigenvalue weighted by Crippen LogP contribution is -2.38. The Labute approximate surface area is 168 Å². The minimum Gasteiger partial charge on any atom is -0.481 e. The Morgan fingerprint density at radius 1 is 1.07 bits per heavy atom. The van der Waals surface area contributed by atoms with Gasteiger partial charge < -0.3 is 10.1 Å². The minimum atomic E-state index is -3.73. The fourth-order valence-corrected chi connectivity index (χ4v) is 3.75. The van der Waals surface area contributed by atoms with Crippen molar-refractivity contribution in [2.24, 2.45) is 5.92 Å². The topological polar surface area (TPSA) is 84.5 Å². The zero-order valence-electron chi connectivity index (χ0n) is 15.4. The van der Waals surface area contributed by atoms with E-state index in [4.69, 9.17) is 4.74 Å². The van der Waals surface area contributed by atoms with Crippen LogP contribution in [0.3, 0.4) is 0 Å². The summed E-state index contributed by atoms with van der Waals surface area (Å²) in [6, 6.07) is 12.9. The van der Waals surface area contributed by atoms with Gasteiger partial charge in [-0.3, -0.25) is 9.52 Å². The molecule has 0 aliphatic heterocycles. The molecule has 0 spiro atoms. The number of carbonyl (C=O) groups is 1. The quantitative estimate of drug-likeness (QED) is 0.635. The van der Waals surface area contributed by atoms with Crippen molar-refractivity contribution in [3.05, 3.63) is 53.0 Å². The van der Waals surface area contributed by atoms with Crippen molar-refractivity contribution in [1.82, 2.24) is 5.32 Å². The standard InChI is InChI=1S/C19H23BrN2O4S/c1-13(2)12-21-19(23)14(3)26-15-8-10-16(11-9-15)27(24,25)22-18-7-5-4-6-17(18)20/h4-11,13-14,22H,12H2,1-3H3,(H,21,23)/t14-/m0/s1. The molecule has 1 amide bonds. The summed E-state index contributed by atoms with van der Waals surface area (Å²) in [5.41, 5.74) is 0.452. The molecule has 0 bridgehead atoms. The molecule has 0 unspecified atom stereocenters. The number of carbonyl (C=O) groups excluding carboxylic acids is 1. The van der Waals surface area contributed by atoms with Gasteiger partial charge in [-0.05, 0) is 65.2 Å². The highest BCUT2D eigenvalue weighted by atomic mass is 79.9. The predicted molar refractivity (Wildman–Crippen MR) is 109 cm³/mol. The highest BCUT2D eigenvalue weighted by molar-refractivity contribution is 9.10. The lowest BCUT2D eigenvalue weighted by molar-refractivity contribution is -0.127. The third kappa shape index (κ3) is 6.25. The van der Waals surface area contributed by atoms with E-state index < -0.39 is 16.1 Å². The van der Waals surface area contributed by atoms with Crippen LogP contribution in [0.15, 0.2) is 57.9 Å². The number of ether oxygens (including phenoxy) is 1. The smallest absolute Gasteiger partial charge is 0.261 e. The van der Waals surface area contributed by atoms with Crippen molar-refractivity contribution in [2.75, 3.05) is 11.3 Å². The second-order valence-electron chi connectivity index (χ2n) is 6.46. The highest BCUT2D eigenvalue weighted by Gasteiger charge is 2.17. The highest BCUT2D eigenvalue weighted by Crippen LogP contribution is 2.25. The molecule has 0 radical (unpaired) electrons. The molecule has 27 heavy (non-hydrogen) atoms. The Balaban J connectivity index is 2.03. The fraction of sp³-hybridized carbons (Fsp3) is 0.316. The van der Waals surface area contributed by atoms with Crippen molar-refractivity contribution in [3.63, 3.8) is 0 Å². The maximum absolute atomic E-state index is 12.5. The summed E-state index contributed by atoms with van der Waals surface area (Å²) >= 11 is 3.31. The normalized spacial score (nSPS) is 12.5. The average molecular weight is 455 g/mol. The molecule has 0 fully saturated rings. The van der Waals surface area contributed by atoms with E-state index in [2.05, 4.69) is 26.0 Å². The summed E-state index contributed by atoms with van der Waals surface area (Å²) in [5, 5.41) is 2.80. The van der Waals surface area contributed by atoms with Crippen LogP contribution in [0.25, 0.3) is 0 Å². The lowest BCUT2D eigenvalue weighted by atomic mass is 10.2. The van der Waals surface area contributed by atoms with Crippen LogP contribution in [-0.4, -0.2) is 27.0 Å². The Bertz CT molecular complexity index is 883. The Morgan fingerprint density at radius 3 is 2.30 bits per heavy atom. The van der Waals surface area contributed by atoms with Crippen LogP contribution in [0, 0.1) is 5.92 Å². The fourth-order valence-electron chi connectivity index (χ4n) is 2.15. The van der Waals surface area contributed by atoms with Crippen LogP contribution in [-0.2, 0) is 14.8 Å². The van der Waals surface area contributed by atoms with Gasteiger partial charge in [-0.1, -0.05) is 26.0 Å². The summed E-state index contributed by atoms with van der Waals surface area (Å²) in [4.78, 5) is 12.1. The molecule has 2 aromatic carbocycles. The Hall–Kier alpha value is -2.06. The number of benzene rings is 2. The molecule has 0 heterocycles. The molecule has 2 aromatic rings. The second-order valence-corrected chi connectivity index (χ2v) is 8.99. The van der Waals surface area contributed by atoms with E-state index in [1.165, 1.54) is 24.3 Å². The van der Waals surface area contributed by atoms with Gasteiger partial charge in [-0.15, -0.1) is 0 Å². The second kappa shape index (κ2) is 9.23. The third-order valence-corrected chi connectivity index (χ3v) is 5.69. The van der Waals surface area contributed by atoms with Crippen LogP contribution in [0.2, 0.25) is 0 Å². The predicted octanol–water partition coefficient (Wildman–Crippen LogP) is 3.79. The van der Waals surface area contributed by atoms with Gasteiger partial charge in [0.2, 0.25) is 0 Å². The molecule has 2 rings (SSSR count). The SMILES string of the molecule is CC(C)CNC(=O)[C@H](C)Oc1ccc(S(=O)(=O)Nc2ccccc2Br)cc1. The van der Waals surface area contributed by atoms with Crippen LogP contribution >= 0.6 is 15.9 Å². The maximum Gasteiger partial charge on any atom is 0.261 e. The van der Waals surface area contributed by atoms with E-state index in [0.717, 1.165) is 0 Å². The summed E-state index contributed by atoms with van der Waals surface area (Å²) in [5.74, 6) is 0.556. The van der Waals surface area contributed by atoms with E-state index >= 15 is 0 Å². The molecule has 0 aliphatic carbocycles. The zero-order valence-corrected chi connectivity index (χ0v) is 17.8. The van der Waals surface area contributed by atoms with E-state index in [9.17, 15) is 13.2 Å². The van der Waals surface area contributed by atoms with Gasteiger partial charge >= 0.3 is 0 Å². The van der Waals surface area contributed by atoms with Gasteiger partial charge in [-0.2, -0.15) is 0 Å². The van der Waals surface area contributed by atoms with Crippen LogP contribution in [0.1, 0.15) is 20.8 Å². The minimum absolute atomic E-state index is 0.0996. The number of rotatable bonds is 8. The zero-order chi connectivity index (χ0) is 20.0. The molecule has 6 nitrogen and oxygen atoms in total. The Kier molecular flexibility index (Phi) is 7.26. The van der Waals surface area contributed by atoms with E-state index in [1.54, 1.807) is 31.2 Å². The molecular formula is C19H23BrN2O4S. The first-order chi connectivity index (χ1) is 12.7. The molecular weight excluding hydrogens is 432 g/mol. The molecule has 0 saturated carbocycles. The van der Waals surface area contributed by atoms with Crippen molar-refractivity contribution >= 4 is 37.5 Å². The lowest BCUT2D eigenvalue weighted by Gasteiger charge is -2.16. The van der Waals surface area contributed by atoms with Crippen LogP contribution < -0.4 is 14.8 Å². The van der Waals surface area contributed by atoms with E-state index in [1.807, 2.05) is 13.8 Å². The first-order valence-electron chi connectivity index (χ1n) is 8.51. The summed E-state index contributed by atoms with van der Waals surface area (Å²) < 4.78 is 33.8. The van der Waals surface area contributed by atoms with Crippen molar-refractivity contribution in [2.45, 2.75) is 31.8 Å². The van der Waals surface area contributed by atoms with Crippen molar-refractivity contribution in [3.8, 4) is 5.75 Å². The van der Waals surface area contributed by atoms with Gasteiger partial charge in [0.25, 0.3) is 15.9 Å². The number of amides is 1. The molecule has 2 N–H and O–H groups in total. The number of nitrogens with one attached hydrogen (secondary N) is 2. The van der Waals surface area contributed by atoms with Gasteiger partial charge in [0.05, 0.1) is 10.6 Å². The molecule has 0 aromatic heterocycles. The first kappa shape index (κ1) is 21.2. The molecule has 146 valence electrons. The first-order valence-corrected chi connectivity index (χ1v) is 10.8. The van der Waals surface area contributed by atoms with E-state index in [0.29, 0.717) is 28.4 Å². The number of hydrogen-bond donors (Lipinski definition) is 2. The van der Waals surface area contributed by atoms with E-state index in [-0.39, 0.29) is 10.8 Å². The average Bonchev–Trinajstić information content (AvgIpc) is 2.62. The largest absolute Gasteiger partial charge is 0.481 e. The molecule has 1 atom stereocenters. The van der Waals surface area contributed by atoms with Crippen molar-refractivity contribution < 1.29 is 17.9 Å².